The van der Waals surface area contributed by atoms with Gasteiger partial charge < -0.3 is 4.74 Å². The lowest BCUT2D eigenvalue weighted by atomic mass is 10.1. The van der Waals surface area contributed by atoms with Crippen LogP contribution in [0, 0.1) is 6.92 Å². The van der Waals surface area contributed by atoms with Gasteiger partial charge in [-0.1, -0.05) is 98.0 Å². The maximum Gasteiger partial charge on any atom is 0.302 e. The van der Waals surface area contributed by atoms with Crippen molar-refractivity contribution in [3.05, 3.63) is 108 Å². The second kappa shape index (κ2) is 16.7. The van der Waals surface area contributed by atoms with Gasteiger partial charge in [0.25, 0.3) is 0 Å². The topological polar surface area (TPSA) is 43.4 Å². The molecule has 0 fully saturated rings. The number of carbonyl (C=O) groups is 2. The molecule has 0 radical (unpaired) electrons. The fourth-order valence-electron chi connectivity index (χ4n) is 2.09. The predicted octanol–water partition coefficient (Wildman–Crippen LogP) is 6.68. The lowest BCUT2D eigenvalue weighted by Gasteiger charge is -2.00. The van der Waals surface area contributed by atoms with Crippen LogP contribution in [-0.2, 0) is 16.0 Å². The van der Waals surface area contributed by atoms with Crippen LogP contribution in [0.5, 0.6) is 0 Å². The molecule has 0 aliphatic heterocycles. The summed E-state index contributed by atoms with van der Waals surface area (Å²) in [6.07, 6.45) is 8.33. The number of Topliss-reactive ketones (excluding diaryl/α,β-unsaturated/α-hetero) is 1. The largest absolute Gasteiger partial charge is 0.461 e. The molecule has 0 N–H and O–H groups in total. The molecule has 0 aromatic heterocycles. The molecule has 0 aliphatic rings. The number of rotatable bonds is 6. The third kappa shape index (κ3) is 13.9. The van der Waals surface area contributed by atoms with Crippen molar-refractivity contribution in [2.24, 2.45) is 0 Å². The summed E-state index contributed by atoms with van der Waals surface area (Å²) >= 11 is 0. The van der Waals surface area contributed by atoms with Crippen LogP contribution >= 0.6 is 0 Å². The van der Waals surface area contributed by atoms with E-state index in [0.717, 1.165) is 17.6 Å². The van der Waals surface area contributed by atoms with E-state index in [9.17, 15) is 9.59 Å². The average Bonchev–Trinajstić information content (AvgIpc) is 2.75. The van der Waals surface area contributed by atoms with E-state index in [1.165, 1.54) is 18.1 Å². The van der Waals surface area contributed by atoms with Crippen LogP contribution in [0.1, 0.15) is 49.2 Å². The van der Waals surface area contributed by atoms with E-state index in [1.54, 1.807) is 13.0 Å². The molecule has 0 unspecified atom stereocenters. The molecule has 0 aliphatic carbocycles. The van der Waals surface area contributed by atoms with Crippen molar-refractivity contribution in [2.45, 2.75) is 41.0 Å². The molecule has 0 bridgehead atoms. The number of hydrogen-bond acceptors (Lipinski definition) is 3. The van der Waals surface area contributed by atoms with Crippen molar-refractivity contribution in [3.8, 4) is 0 Å². The molecule has 30 heavy (non-hydrogen) atoms. The number of ketones is 1. The summed E-state index contributed by atoms with van der Waals surface area (Å²) in [5, 5.41) is 0. The molecule has 2 rings (SSSR count). The van der Waals surface area contributed by atoms with Crippen LogP contribution in [0.25, 0.3) is 0 Å². The zero-order valence-corrected chi connectivity index (χ0v) is 18.9. The first-order chi connectivity index (χ1) is 14.3. The number of esters is 1. The molecule has 0 saturated carbocycles. The van der Waals surface area contributed by atoms with Gasteiger partial charge in [0, 0.05) is 12.5 Å². The molecule has 3 nitrogen and oxygen atoms in total. The summed E-state index contributed by atoms with van der Waals surface area (Å²) in [7, 11) is 0. The van der Waals surface area contributed by atoms with E-state index >= 15 is 0 Å². The van der Waals surface area contributed by atoms with Crippen molar-refractivity contribution in [2.75, 3.05) is 6.61 Å². The Bertz CT molecular complexity index is 813. The van der Waals surface area contributed by atoms with Gasteiger partial charge in [-0.05, 0) is 38.3 Å². The Morgan fingerprint density at radius 1 is 1.00 bits per heavy atom. The van der Waals surface area contributed by atoms with Gasteiger partial charge in [0.2, 0.25) is 0 Å². The summed E-state index contributed by atoms with van der Waals surface area (Å²) in [5.74, 6) is -0.143. The third-order valence-electron chi connectivity index (χ3n) is 3.92. The van der Waals surface area contributed by atoms with Crippen molar-refractivity contribution in [3.63, 3.8) is 0 Å². The zero-order chi connectivity index (χ0) is 22.8. The number of allylic oxidation sites excluding steroid dienone is 3. The lowest BCUT2D eigenvalue weighted by Crippen LogP contribution is -2.01. The van der Waals surface area contributed by atoms with Crippen LogP contribution in [-0.4, -0.2) is 18.4 Å². The number of carbonyl (C=O) groups excluding carboxylic acids is 2. The molecule has 0 heterocycles. The molecule has 0 atom stereocenters. The van der Waals surface area contributed by atoms with Crippen LogP contribution in [0.4, 0.5) is 0 Å². The highest BCUT2D eigenvalue weighted by Gasteiger charge is 1.96. The molecule has 3 heteroatoms. The molecular formula is C27H34O3. The smallest absolute Gasteiger partial charge is 0.302 e. The highest BCUT2D eigenvalue weighted by atomic mass is 16.5. The first kappa shape index (κ1) is 26.8. The highest BCUT2D eigenvalue weighted by molar-refractivity contribution is 5.93. The second-order valence-electron chi connectivity index (χ2n) is 6.51. The van der Waals surface area contributed by atoms with Crippen LogP contribution < -0.4 is 0 Å². The number of benzene rings is 2. The standard InChI is InChI=1S/C10H14O2.C10H12O.C7H8/c1-4-6-7-10(5-2)8-12-9(3)11;1-3-9-4-6-10(7-5-9)8(2)11;1-7-5-3-2-4-6-7/h4-7H,2,8H2,1,3H3;4-7H,3H2,1-2H3;2-6H,1H3/b6-4-,10-7+;;. The predicted molar refractivity (Wildman–Crippen MR) is 127 cm³/mol. The number of hydrogen-bond donors (Lipinski definition) is 0. The maximum atomic E-state index is 10.8. The van der Waals surface area contributed by atoms with E-state index in [-0.39, 0.29) is 11.8 Å². The van der Waals surface area contributed by atoms with Gasteiger partial charge in [-0.15, -0.1) is 0 Å². The molecule has 2 aromatic rings. The van der Waals surface area contributed by atoms with Crippen LogP contribution in [0.3, 0.4) is 0 Å². The van der Waals surface area contributed by atoms with E-state index in [2.05, 4.69) is 32.6 Å². The van der Waals surface area contributed by atoms with Crippen molar-refractivity contribution in [1.29, 1.82) is 0 Å². The third-order valence-corrected chi connectivity index (χ3v) is 3.92. The van der Waals surface area contributed by atoms with Crippen LogP contribution in [0.2, 0.25) is 0 Å². The first-order valence-corrected chi connectivity index (χ1v) is 10.0. The molecular weight excluding hydrogens is 372 g/mol. The van der Waals surface area contributed by atoms with Gasteiger partial charge in [0.1, 0.15) is 6.61 Å². The summed E-state index contributed by atoms with van der Waals surface area (Å²) in [4.78, 5) is 21.3. The monoisotopic (exact) mass is 406 g/mol. The second-order valence-corrected chi connectivity index (χ2v) is 6.51. The summed E-state index contributed by atoms with van der Waals surface area (Å²) in [6.45, 7) is 13.0. The van der Waals surface area contributed by atoms with E-state index in [4.69, 9.17) is 4.74 Å². The fourth-order valence-corrected chi connectivity index (χ4v) is 2.09. The van der Waals surface area contributed by atoms with Gasteiger partial charge in [-0.3, -0.25) is 9.59 Å². The van der Waals surface area contributed by atoms with Gasteiger partial charge in [0.15, 0.2) is 5.78 Å². The SMILES string of the molecule is C=C/C(=C\C=C/C)COC(C)=O.CCc1ccc(C(C)=O)cc1.Cc1ccccc1. The fraction of sp³-hybridized carbons (Fsp3) is 0.259. The number of ether oxygens (including phenoxy) is 1. The molecule has 0 spiro atoms. The summed E-state index contributed by atoms with van der Waals surface area (Å²) in [5.41, 5.74) is 4.28. The lowest BCUT2D eigenvalue weighted by molar-refractivity contribution is -0.139. The maximum absolute atomic E-state index is 10.8. The van der Waals surface area contributed by atoms with Crippen LogP contribution in [0.15, 0.2) is 91.1 Å². The summed E-state index contributed by atoms with van der Waals surface area (Å²) < 4.78 is 4.78. The Balaban J connectivity index is 0.000000433. The van der Waals surface area contributed by atoms with Gasteiger partial charge in [-0.2, -0.15) is 0 Å². The Morgan fingerprint density at radius 2 is 1.60 bits per heavy atom. The Hall–Kier alpha value is -3.20. The molecule has 2 aromatic carbocycles. The minimum atomic E-state index is -0.275. The van der Waals surface area contributed by atoms with E-state index in [0.29, 0.717) is 6.61 Å². The van der Waals surface area contributed by atoms with Crippen molar-refractivity contribution in [1.82, 2.24) is 0 Å². The van der Waals surface area contributed by atoms with Crippen molar-refractivity contribution >= 4 is 11.8 Å². The van der Waals surface area contributed by atoms with Crippen molar-refractivity contribution < 1.29 is 14.3 Å². The summed E-state index contributed by atoms with van der Waals surface area (Å²) in [6, 6.07) is 18.0. The highest BCUT2D eigenvalue weighted by Crippen LogP contribution is 2.05. The molecule has 0 amide bonds. The zero-order valence-electron chi connectivity index (χ0n) is 18.9. The minimum Gasteiger partial charge on any atom is -0.461 e. The minimum absolute atomic E-state index is 0.132. The Morgan fingerprint density at radius 3 is 1.97 bits per heavy atom. The van der Waals surface area contributed by atoms with Gasteiger partial charge in [0.05, 0.1) is 0 Å². The quantitative estimate of drug-likeness (QED) is 0.305. The Kier molecular flexibility index (Phi) is 14.9. The van der Waals surface area contributed by atoms with E-state index in [1.807, 2.05) is 67.6 Å². The normalized spacial score (nSPS) is 10.2. The van der Waals surface area contributed by atoms with E-state index < -0.39 is 0 Å². The van der Waals surface area contributed by atoms with Gasteiger partial charge in [-0.25, -0.2) is 0 Å². The van der Waals surface area contributed by atoms with Gasteiger partial charge >= 0.3 is 5.97 Å². The Labute approximate surface area is 181 Å². The molecule has 0 saturated heterocycles. The first-order valence-electron chi connectivity index (χ1n) is 10.0. The average molecular weight is 407 g/mol. The number of aryl methyl sites for hydroxylation is 2. The molecule has 160 valence electrons.